The maximum atomic E-state index is 4.95. The van der Waals surface area contributed by atoms with Crippen LogP contribution >= 0.6 is 11.8 Å². The summed E-state index contributed by atoms with van der Waals surface area (Å²) in [5, 5.41) is 13.3. The van der Waals surface area contributed by atoms with Gasteiger partial charge in [-0.2, -0.15) is 0 Å². The molecular weight excluding hydrogens is 368 g/mol. The van der Waals surface area contributed by atoms with Gasteiger partial charge in [-0.15, -0.1) is 10.2 Å². The molecule has 1 aliphatic heterocycles. The minimum absolute atomic E-state index is 0.595. The SMILES string of the molecule is CCNC(=NCCCc1nnc(SC)n1CC(C)C)N1CC2CCCCC2C1. The average molecular weight is 407 g/mol. The lowest BCUT2D eigenvalue weighted by Crippen LogP contribution is -2.40. The second kappa shape index (κ2) is 10.5. The van der Waals surface area contributed by atoms with E-state index in [-0.39, 0.29) is 0 Å². The molecule has 1 aliphatic carbocycles. The summed E-state index contributed by atoms with van der Waals surface area (Å²) in [4.78, 5) is 7.47. The van der Waals surface area contributed by atoms with E-state index in [0.717, 1.165) is 61.3 Å². The fraction of sp³-hybridized carbons (Fsp3) is 0.857. The van der Waals surface area contributed by atoms with Gasteiger partial charge in [0.2, 0.25) is 0 Å². The number of aryl methyl sites for hydroxylation is 1. The smallest absolute Gasteiger partial charge is 0.193 e. The van der Waals surface area contributed by atoms with Gasteiger partial charge in [0, 0.05) is 39.1 Å². The van der Waals surface area contributed by atoms with E-state index in [2.05, 4.69) is 52.0 Å². The van der Waals surface area contributed by atoms with Crippen molar-refractivity contribution in [2.75, 3.05) is 32.4 Å². The minimum atomic E-state index is 0.595. The fourth-order valence-electron chi connectivity index (χ4n) is 4.63. The van der Waals surface area contributed by atoms with Crippen LogP contribution < -0.4 is 5.32 Å². The summed E-state index contributed by atoms with van der Waals surface area (Å²) in [5.41, 5.74) is 0. The maximum absolute atomic E-state index is 4.95. The number of nitrogens with zero attached hydrogens (tertiary/aromatic N) is 5. The Morgan fingerprint density at radius 2 is 1.93 bits per heavy atom. The Labute approximate surface area is 175 Å². The molecule has 2 fully saturated rings. The van der Waals surface area contributed by atoms with Gasteiger partial charge in [0.25, 0.3) is 0 Å². The number of likely N-dealkylation sites (tertiary alicyclic amines) is 1. The average Bonchev–Trinajstić information content (AvgIpc) is 3.27. The summed E-state index contributed by atoms with van der Waals surface area (Å²) < 4.78 is 2.29. The van der Waals surface area contributed by atoms with Crippen LogP contribution in [0.5, 0.6) is 0 Å². The molecule has 2 atom stereocenters. The number of aliphatic imine (C=N–C) groups is 1. The van der Waals surface area contributed by atoms with Gasteiger partial charge < -0.3 is 14.8 Å². The van der Waals surface area contributed by atoms with Crippen molar-refractivity contribution in [2.24, 2.45) is 22.7 Å². The van der Waals surface area contributed by atoms with Crippen LogP contribution in [0, 0.1) is 17.8 Å². The lowest BCUT2D eigenvalue weighted by molar-refractivity contribution is 0.299. The first-order valence-corrected chi connectivity index (χ1v) is 12.3. The van der Waals surface area contributed by atoms with Crippen LogP contribution in [0.2, 0.25) is 0 Å². The molecule has 0 aromatic carbocycles. The summed E-state index contributed by atoms with van der Waals surface area (Å²) in [6.45, 7) is 11.8. The molecule has 3 rings (SSSR count). The van der Waals surface area contributed by atoms with E-state index < -0.39 is 0 Å². The normalized spacial score (nSPS) is 22.8. The van der Waals surface area contributed by atoms with Gasteiger partial charge in [0.05, 0.1) is 0 Å². The van der Waals surface area contributed by atoms with Crippen LogP contribution in [0.4, 0.5) is 0 Å². The molecule has 2 unspecified atom stereocenters. The number of thioether (sulfide) groups is 1. The van der Waals surface area contributed by atoms with E-state index in [1.807, 2.05) is 0 Å². The second-order valence-electron chi connectivity index (χ2n) is 8.66. The van der Waals surface area contributed by atoms with Crippen molar-refractivity contribution in [2.45, 2.75) is 71.0 Å². The zero-order valence-electron chi connectivity index (χ0n) is 18.2. The quantitative estimate of drug-likeness (QED) is 0.309. The highest BCUT2D eigenvalue weighted by atomic mass is 32.2. The molecule has 7 heteroatoms. The Morgan fingerprint density at radius 3 is 2.54 bits per heavy atom. The monoisotopic (exact) mass is 406 g/mol. The number of hydrogen-bond acceptors (Lipinski definition) is 4. The third-order valence-corrected chi connectivity index (χ3v) is 6.62. The number of hydrogen-bond donors (Lipinski definition) is 1. The van der Waals surface area contributed by atoms with E-state index in [1.165, 1.54) is 38.8 Å². The Hall–Kier alpha value is -1.24. The first kappa shape index (κ1) is 21.5. The van der Waals surface area contributed by atoms with Crippen molar-refractivity contribution < 1.29 is 0 Å². The van der Waals surface area contributed by atoms with Crippen molar-refractivity contribution in [3.8, 4) is 0 Å². The van der Waals surface area contributed by atoms with Gasteiger partial charge in [-0.05, 0) is 50.2 Å². The highest BCUT2D eigenvalue weighted by molar-refractivity contribution is 7.98. The van der Waals surface area contributed by atoms with Gasteiger partial charge in [0.15, 0.2) is 11.1 Å². The minimum Gasteiger partial charge on any atom is -0.357 e. The maximum Gasteiger partial charge on any atom is 0.193 e. The van der Waals surface area contributed by atoms with Crippen molar-refractivity contribution in [3.05, 3.63) is 5.82 Å². The summed E-state index contributed by atoms with van der Waals surface area (Å²) in [6, 6.07) is 0. The van der Waals surface area contributed by atoms with Crippen LogP contribution in [0.1, 0.15) is 58.7 Å². The van der Waals surface area contributed by atoms with Crippen LogP contribution in [0.15, 0.2) is 10.1 Å². The van der Waals surface area contributed by atoms with Gasteiger partial charge in [-0.1, -0.05) is 38.5 Å². The zero-order valence-corrected chi connectivity index (χ0v) is 19.0. The van der Waals surface area contributed by atoms with Crippen molar-refractivity contribution in [1.29, 1.82) is 0 Å². The zero-order chi connectivity index (χ0) is 19.9. The molecule has 6 nitrogen and oxygen atoms in total. The molecule has 28 heavy (non-hydrogen) atoms. The number of fused-ring (bicyclic) bond motifs is 1. The fourth-order valence-corrected chi connectivity index (χ4v) is 5.15. The molecule has 1 N–H and O–H groups in total. The number of nitrogens with one attached hydrogen (secondary N) is 1. The van der Waals surface area contributed by atoms with Crippen LogP contribution in [0.3, 0.4) is 0 Å². The van der Waals surface area contributed by atoms with Crippen LogP contribution in [0.25, 0.3) is 0 Å². The van der Waals surface area contributed by atoms with E-state index >= 15 is 0 Å². The molecule has 2 aliphatic rings. The summed E-state index contributed by atoms with van der Waals surface area (Å²) in [6.07, 6.45) is 9.67. The van der Waals surface area contributed by atoms with Crippen molar-refractivity contribution in [3.63, 3.8) is 0 Å². The molecule has 0 bridgehead atoms. The standard InChI is InChI=1S/C21H38N6S/c1-5-22-20(26-14-17-9-6-7-10-18(17)15-26)23-12-8-11-19-24-25-21(28-4)27(19)13-16(2)3/h16-18H,5-15H2,1-4H3,(H,22,23). The summed E-state index contributed by atoms with van der Waals surface area (Å²) >= 11 is 1.68. The van der Waals surface area contributed by atoms with E-state index in [0.29, 0.717) is 5.92 Å². The first-order chi connectivity index (χ1) is 13.6. The Kier molecular flexibility index (Phi) is 8.06. The third kappa shape index (κ3) is 5.43. The van der Waals surface area contributed by atoms with Crippen molar-refractivity contribution in [1.82, 2.24) is 25.0 Å². The highest BCUT2D eigenvalue weighted by Gasteiger charge is 2.35. The Balaban J connectivity index is 1.55. The second-order valence-corrected chi connectivity index (χ2v) is 9.43. The molecule has 158 valence electrons. The number of guanidine groups is 1. The molecule has 1 saturated heterocycles. The van der Waals surface area contributed by atoms with E-state index in [4.69, 9.17) is 4.99 Å². The molecule has 1 aromatic heterocycles. The van der Waals surface area contributed by atoms with Crippen LogP contribution in [-0.2, 0) is 13.0 Å². The van der Waals surface area contributed by atoms with Gasteiger partial charge in [-0.3, -0.25) is 4.99 Å². The molecule has 0 radical (unpaired) electrons. The molecule has 0 amide bonds. The number of rotatable bonds is 8. The summed E-state index contributed by atoms with van der Waals surface area (Å²) in [7, 11) is 0. The third-order valence-electron chi connectivity index (χ3n) is 5.95. The van der Waals surface area contributed by atoms with Crippen LogP contribution in [-0.4, -0.2) is 58.1 Å². The summed E-state index contributed by atoms with van der Waals surface area (Å²) in [5.74, 6) is 4.59. The van der Waals surface area contributed by atoms with E-state index in [1.54, 1.807) is 11.8 Å². The highest BCUT2D eigenvalue weighted by Crippen LogP contribution is 2.35. The largest absolute Gasteiger partial charge is 0.357 e. The predicted octanol–water partition coefficient (Wildman–Crippen LogP) is 3.68. The lowest BCUT2D eigenvalue weighted by Gasteiger charge is -2.22. The molecular formula is C21H38N6S. The van der Waals surface area contributed by atoms with Gasteiger partial charge in [-0.25, -0.2) is 0 Å². The van der Waals surface area contributed by atoms with Gasteiger partial charge in [0.1, 0.15) is 5.82 Å². The first-order valence-electron chi connectivity index (χ1n) is 11.1. The molecule has 1 aromatic rings. The molecule has 2 heterocycles. The van der Waals surface area contributed by atoms with Crippen molar-refractivity contribution >= 4 is 17.7 Å². The Bertz CT molecular complexity index is 627. The Morgan fingerprint density at radius 1 is 1.21 bits per heavy atom. The molecule has 1 saturated carbocycles. The molecule has 0 spiro atoms. The number of aromatic nitrogens is 3. The lowest BCUT2D eigenvalue weighted by atomic mass is 9.82. The van der Waals surface area contributed by atoms with E-state index in [9.17, 15) is 0 Å². The topological polar surface area (TPSA) is 58.3 Å². The predicted molar refractivity (Wildman–Crippen MR) is 118 cm³/mol. The van der Waals surface area contributed by atoms with Gasteiger partial charge >= 0.3 is 0 Å².